The van der Waals surface area contributed by atoms with Gasteiger partial charge < -0.3 is 20.4 Å². The molecule has 2 aromatic rings. The minimum absolute atomic E-state index is 0.0280. The predicted octanol–water partition coefficient (Wildman–Crippen LogP) is 5.29. The zero-order chi connectivity index (χ0) is 25.9. The molecule has 2 N–H and O–H groups in total. The Hall–Kier alpha value is -3.35. The third-order valence-corrected chi connectivity index (χ3v) is 7.16. The molecule has 1 aliphatic carbocycles. The van der Waals surface area contributed by atoms with Crippen LogP contribution in [0.25, 0.3) is 0 Å². The van der Waals surface area contributed by atoms with Crippen molar-refractivity contribution < 1.29 is 14.4 Å². The summed E-state index contributed by atoms with van der Waals surface area (Å²) in [6.45, 7) is 7.88. The van der Waals surface area contributed by atoms with Crippen molar-refractivity contribution in [3.8, 4) is 0 Å². The van der Waals surface area contributed by atoms with Gasteiger partial charge in [0.15, 0.2) is 5.78 Å². The van der Waals surface area contributed by atoms with Gasteiger partial charge in [-0.25, -0.2) is 4.79 Å². The van der Waals surface area contributed by atoms with Gasteiger partial charge in [0.2, 0.25) is 0 Å². The fourth-order valence-corrected chi connectivity index (χ4v) is 5.05. The van der Waals surface area contributed by atoms with Crippen LogP contribution in [0, 0.1) is 12.3 Å². The van der Waals surface area contributed by atoms with E-state index in [2.05, 4.69) is 15.5 Å². The van der Waals surface area contributed by atoms with Crippen molar-refractivity contribution in [3.05, 3.63) is 54.1 Å². The van der Waals surface area contributed by atoms with Gasteiger partial charge in [0.05, 0.1) is 17.9 Å². The zero-order valence-electron chi connectivity index (χ0n) is 21.8. The van der Waals surface area contributed by atoms with Crippen molar-refractivity contribution in [2.75, 3.05) is 28.2 Å². The monoisotopic (exact) mass is 490 g/mol. The predicted molar refractivity (Wildman–Crippen MR) is 145 cm³/mol. The van der Waals surface area contributed by atoms with Crippen molar-refractivity contribution in [1.29, 1.82) is 0 Å². The van der Waals surface area contributed by atoms with Crippen LogP contribution in [0.3, 0.4) is 0 Å². The number of hydrogen-bond acceptors (Lipinski definition) is 4. The van der Waals surface area contributed by atoms with E-state index in [0.717, 1.165) is 42.6 Å². The van der Waals surface area contributed by atoms with E-state index in [0.29, 0.717) is 12.2 Å². The highest BCUT2D eigenvalue weighted by molar-refractivity contribution is 6.08. The van der Waals surface area contributed by atoms with Crippen molar-refractivity contribution >= 4 is 34.8 Å². The van der Waals surface area contributed by atoms with E-state index in [4.69, 9.17) is 0 Å². The summed E-state index contributed by atoms with van der Waals surface area (Å²) < 4.78 is 0. The van der Waals surface area contributed by atoms with Crippen LogP contribution in [-0.4, -0.2) is 42.9 Å². The van der Waals surface area contributed by atoms with E-state index in [1.54, 1.807) is 4.90 Å². The smallest absolute Gasteiger partial charge is 0.319 e. The van der Waals surface area contributed by atoms with E-state index in [-0.39, 0.29) is 24.3 Å². The second-order valence-electron chi connectivity index (χ2n) is 11.1. The average molecular weight is 491 g/mol. The molecule has 0 radical (unpaired) electrons. The van der Waals surface area contributed by atoms with Gasteiger partial charge in [0, 0.05) is 23.7 Å². The molecule has 0 aromatic heterocycles. The highest BCUT2D eigenvalue weighted by atomic mass is 16.2. The Morgan fingerprint density at radius 2 is 1.67 bits per heavy atom. The molecule has 1 saturated carbocycles. The molecule has 7 nitrogen and oxygen atoms in total. The number of hydrogen-bond donors (Lipinski definition) is 2. The molecule has 0 saturated heterocycles. The Bertz CT molecular complexity index is 1120. The normalized spacial score (nSPS) is 18.9. The number of para-hydroxylation sites is 2. The van der Waals surface area contributed by atoms with E-state index in [1.807, 2.05) is 76.2 Å². The maximum Gasteiger partial charge on any atom is 0.319 e. The molecule has 1 fully saturated rings. The molecule has 4 rings (SSSR count). The number of Topliss-reactive ketones (excluding diaryl/α,β-unsaturated/α-hetero) is 1. The lowest BCUT2D eigenvalue weighted by atomic mass is 9.90. The van der Waals surface area contributed by atoms with Crippen LogP contribution in [0.2, 0.25) is 0 Å². The highest BCUT2D eigenvalue weighted by Gasteiger charge is 2.39. The molecule has 36 heavy (non-hydrogen) atoms. The molecular weight excluding hydrogens is 452 g/mol. The third kappa shape index (κ3) is 5.89. The maximum atomic E-state index is 13.9. The van der Waals surface area contributed by atoms with Crippen LogP contribution < -0.4 is 20.4 Å². The third-order valence-electron chi connectivity index (χ3n) is 7.16. The average Bonchev–Trinajstić information content (AvgIpc) is 2.94. The summed E-state index contributed by atoms with van der Waals surface area (Å²) in [4.78, 5) is 43.9. The Kier molecular flexibility index (Phi) is 7.67. The second kappa shape index (κ2) is 10.7. The van der Waals surface area contributed by atoms with Gasteiger partial charge in [-0.1, -0.05) is 64.3 Å². The van der Waals surface area contributed by atoms with Crippen molar-refractivity contribution in [2.45, 2.75) is 71.9 Å². The number of nitrogens with zero attached hydrogens (tertiary/aromatic N) is 2. The summed E-state index contributed by atoms with van der Waals surface area (Å²) >= 11 is 0. The largest absolute Gasteiger partial charge is 0.364 e. The molecule has 2 aliphatic rings. The number of fused-ring (bicyclic) bond motifs is 1. The Morgan fingerprint density at radius 3 is 2.33 bits per heavy atom. The van der Waals surface area contributed by atoms with Crippen LogP contribution in [0.4, 0.5) is 21.9 Å². The number of nitrogens with one attached hydrogen (secondary N) is 2. The fourth-order valence-electron chi connectivity index (χ4n) is 5.05. The summed E-state index contributed by atoms with van der Waals surface area (Å²) in [6.07, 6.45) is 5.61. The number of carbonyl (C=O) groups excluding carboxylic acids is 3. The summed E-state index contributed by atoms with van der Waals surface area (Å²) in [5.74, 6) is -0.294. The maximum absolute atomic E-state index is 13.9. The minimum atomic E-state index is -0.795. The van der Waals surface area contributed by atoms with Crippen LogP contribution in [-0.2, 0) is 9.59 Å². The first-order valence-corrected chi connectivity index (χ1v) is 13.0. The zero-order valence-corrected chi connectivity index (χ0v) is 21.8. The molecule has 1 atom stereocenters. The number of aryl methyl sites for hydroxylation is 1. The minimum Gasteiger partial charge on any atom is -0.364 e. The van der Waals surface area contributed by atoms with Gasteiger partial charge in [-0.3, -0.25) is 9.59 Å². The van der Waals surface area contributed by atoms with Gasteiger partial charge >= 0.3 is 6.03 Å². The van der Waals surface area contributed by atoms with Crippen LogP contribution in [0.15, 0.2) is 48.5 Å². The van der Waals surface area contributed by atoms with E-state index >= 15 is 0 Å². The van der Waals surface area contributed by atoms with Gasteiger partial charge in [-0.2, -0.15) is 0 Å². The Morgan fingerprint density at radius 1 is 0.972 bits per heavy atom. The lowest BCUT2D eigenvalue weighted by Gasteiger charge is -2.37. The van der Waals surface area contributed by atoms with Crippen LogP contribution >= 0.6 is 0 Å². The number of carbonyl (C=O) groups is 3. The number of amides is 3. The summed E-state index contributed by atoms with van der Waals surface area (Å²) in [7, 11) is 0. The standard InChI is InChI=1S/C29H38N4O3/c1-20-11-10-12-21(17-20)30-28(36)31-23-18-32(22-13-6-5-7-14-22)24-15-8-9-16-25(24)33(27(23)35)19-26(34)29(2,3)4/h8-12,15-17,22-23H,5-7,13-14,18-19H2,1-4H3,(H2,30,31,36)/t23-/m1/s1. The molecule has 0 bridgehead atoms. The summed E-state index contributed by atoms with van der Waals surface area (Å²) in [5.41, 5.74) is 2.79. The number of benzene rings is 2. The van der Waals surface area contributed by atoms with E-state index in [1.165, 1.54) is 6.42 Å². The number of anilines is 3. The molecule has 1 aliphatic heterocycles. The topological polar surface area (TPSA) is 81.8 Å². The van der Waals surface area contributed by atoms with Crippen molar-refractivity contribution in [1.82, 2.24) is 5.32 Å². The van der Waals surface area contributed by atoms with Gasteiger partial charge in [-0.05, 0) is 49.6 Å². The first-order chi connectivity index (χ1) is 17.1. The van der Waals surface area contributed by atoms with Crippen molar-refractivity contribution in [2.24, 2.45) is 5.41 Å². The number of ketones is 1. The molecule has 3 amide bonds. The summed E-state index contributed by atoms with van der Waals surface area (Å²) in [5, 5.41) is 5.79. The fraction of sp³-hybridized carbons (Fsp3) is 0.483. The Labute approximate surface area is 214 Å². The molecule has 0 spiro atoms. The lowest BCUT2D eigenvalue weighted by molar-refractivity contribution is -0.127. The molecular formula is C29H38N4O3. The lowest BCUT2D eigenvalue weighted by Crippen LogP contribution is -2.55. The SMILES string of the molecule is Cc1cccc(NC(=O)N[C@@H]2CN(C3CCCCC3)c3ccccc3N(CC(=O)C(C)(C)C)C2=O)c1. The number of rotatable bonds is 5. The molecule has 2 aromatic carbocycles. The second-order valence-corrected chi connectivity index (χ2v) is 11.1. The van der Waals surface area contributed by atoms with E-state index in [9.17, 15) is 14.4 Å². The Balaban J connectivity index is 1.67. The number of urea groups is 1. The van der Waals surface area contributed by atoms with Gasteiger partial charge in [0.25, 0.3) is 5.91 Å². The van der Waals surface area contributed by atoms with Crippen LogP contribution in [0.1, 0.15) is 58.4 Å². The molecule has 0 unspecified atom stereocenters. The van der Waals surface area contributed by atoms with Gasteiger partial charge in [-0.15, -0.1) is 0 Å². The van der Waals surface area contributed by atoms with Gasteiger partial charge in [0.1, 0.15) is 6.04 Å². The first kappa shape index (κ1) is 25.7. The molecule has 192 valence electrons. The van der Waals surface area contributed by atoms with E-state index < -0.39 is 17.5 Å². The molecule has 1 heterocycles. The van der Waals surface area contributed by atoms with Crippen LogP contribution in [0.5, 0.6) is 0 Å². The molecule has 7 heteroatoms. The first-order valence-electron chi connectivity index (χ1n) is 13.0. The van der Waals surface area contributed by atoms with Crippen molar-refractivity contribution in [3.63, 3.8) is 0 Å². The quantitative estimate of drug-likeness (QED) is 0.597. The summed E-state index contributed by atoms with van der Waals surface area (Å²) in [6, 6.07) is 14.4. The highest BCUT2D eigenvalue weighted by Crippen LogP contribution is 2.37.